The van der Waals surface area contributed by atoms with Gasteiger partial charge in [0.2, 0.25) is 0 Å². The maximum absolute atomic E-state index is 8.85. The molecule has 15 heavy (non-hydrogen) atoms. The number of nitrogens with one attached hydrogen (secondary N) is 1. The Bertz CT molecular complexity index is 344. The lowest BCUT2D eigenvalue weighted by molar-refractivity contribution is -0.0424. The van der Waals surface area contributed by atoms with E-state index in [0.29, 0.717) is 11.3 Å². The van der Waals surface area contributed by atoms with Crippen molar-refractivity contribution >= 4 is 18.2 Å². The fraction of sp³-hybridized carbons (Fsp3) is 0.200. The molecule has 1 rings (SSSR count). The van der Waals surface area contributed by atoms with Gasteiger partial charge in [-0.05, 0) is 19.1 Å². The van der Waals surface area contributed by atoms with Gasteiger partial charge in [-0.3, -0.25) is 5.43 Å². The standard InChI is InChI=1S/C10H13N3O2/c1-2-12-13-7-11-9-5-3-8(4-6-9)10(14)15/h2-7,10,14-15H,1H3,(H,11,13)/b12-2-. The number of aliphatic hydroxyl groups excluding tert-OH is 1. The quantitative estimate of drug-likeness (QED) is 0.297. The van der Waals surface area contributed by atoms with E-state index in [1.165, 1.54) is 6.34 Å². The highest BCUT2D eigenvalue weighted by molar-refractivity contribution is 5.63. The second-order valence-electron chi connectivity index (χ2n) is 2.74. The van der Waals surface area contributed by atoms with Gasteiger partial charge >= 0.3 is 0 Å². The molecule has 0 saturated heterocycles. The number of rotatable bonds is 4. The maximum atomic E-state index is 8.85. The number of aliphatic imine (C=N–C) groups is 1. The van der Waals surface area contributed by atoms with Crippen LogP contribution in [0, 0.1) is 0 Å². The van der Waals surface area contributed by atoms with E-state index in [1.54, 1.807) is 37.4 Å². The van der Waals surface area contributed by atoms with Crippen LogP contribution in [0.4, 0.5) is 5.69 Å². The highest BCUT2D eigenvalue weighted by Gasteiger charge is 2.00. The van der Waals surface area contributed by atoms with Crippen molar-refractivity contribution in [2.75, 3.05) is 0 Å². The lowest BCUT2D eigenvalue weighted by Gasteiger charge is -2.02. The molecule has 0 aliphatic heterocycles. The Morgan fingerprint density at radius 2 is 1.93 bits per heavy atom. The van der Waals surface area contributed by atoms with E-state index in [1.807, 2.05) is 0 Å². The summed E-state index contributed by atoms with van der Waals surface area (Å²) in [4.78, 5) is 4.03. The Morgan fingerprint density at radius 3 is 2.47 bits per heavy atom. The second kappa shape index (κ2) is 5.90. The molecular formula is C10H13N3O2. The van der Waals surface area contributed by atoms with Crippen molar-refractivity contribution in [2.24, 2.45) is 10.1 Å². The molecule has 0 heterocycles. The van der Waals surface area contributed by atoms with E-state index < -0.39 is 6.29 Å². The van der Waals surface area contributed by atoms with Crippen molar-refractivity contribution in [1.82, 2.24) is 5.43 Å². The molecule has 0 saturated carbocycles. The fourth-order valence-corrected chi connectivity index (χ4v) is 0.944. The Labute approximate surface area is 87.8 Å². The highest BCUT2D eigenvalue weighted by atomic mass is 16.5. The van der Waals surface area contributed by atoms with Crippen LogP contribution in [0.3, 0.4) is 0 Å². The molecule has 0 spiro atoms. The smallest absolute Gasteiger partial charge is 0.178 e. The number of hydrogen-bond donors (Lipinski definition) is 3. The third kappa shape index (κ3) is 3.88. The van der Waals surface area contributed by atoms with E-state index in [-0.39, 0.29) is 0 Å². The van der Waals surface area contributed by atoms with Gasteiger partial charge < -0.3 is 10.2 Å². The first-order valence-electron chi connectivity index (χ1n) is 4.46. The molecule has 0 bridgehead atoms. The van der Waals surface area contributed by atoms with Crippen molar-refractivity contribution in [3.05, 3.63) is 29.8 Å². The van der Waals surface area contributed by atoms with Crippen molar-refractivity contribution in [3.8, 4) is 0 Å². The van der Waals surface area contributed by atoms with Gasteiger partial charge in [0.25, 0.3) is 0 Å². The molecule has 0 aliphatic carbocycles. The minimum Gasteiger partial charge on any atom is -0.364 e. The normalized spacial score (nSPS) is 11.7. The number of hydrazone groups is 1. The second-order valence-corrected chi connectivity index (χ2v) is 2.74. The molecule has 0 fully saturated rings. The zero-order valence-corrected chi connectivity index (χ0v) is 8.33. The molecule has 5 heteroatoms. The lowest BCUT2D eigenvalue weighted by Crippen LogP contribution is -1.99. The van der Waals surface area contributed by atoms with Gasteiger partial charge in [0, 0.05) is 11.8 Å². The van der Waals surface area contributed by atoms with Crippen LogP contribution in [-0.2, 0) is 0 Å². The van der Waals surface area contributed by atoms with E-state index >= 15 is 0 Å². The third-order valence-electron chi connectivity index (χ3n) is 1.67. The van der Waals surface area contributed by atoms with Crippen LogP contribution in [0.1, 0.15) is 18.8 Å². The summed E-state index contributed by atoms with van der Waals surface area (Å²) >= 11 is 0. The Balaban J connectivity index is 2.60. The monoisotopic (exact) mass is 207 g/mol. The average molecular weight is 207 g/mol. The van der Waals surface area contributed by atoms with E-state index in [2.05, 4.69) is 15.5 Å². The maximum Gasteiger partial charge on any atom is 0.178 e. The van der Waals surface area contributed by atoms with Crippen molar-refractivity contribution < 1.29 is 10.2 Å². The number of aliphatic hydroxyl groups is 2. The molecule has 0 amide bonds. The zero-order valence-electron chi connectivity index (χ0n) is 8.33. The first kappa shape index (κ1) is 11.4. The molecule has 0 atom stereocenters. The van der Waals surface area contributed by atoms with Crippen LogP contribution >= 0.6 is 0 Å². The van der Waals surface area contributed by atoms with Gasteiger partial charge in [-0.2, -0.15) is 5.10 Å². The number of benzene rings is 1. The van der Waals surface area contributed by atoms with Gasteiger partial charge in [-0.25, -0.2) is 4.99 Å². The van der Waals surface area contributed by atoms with Crippen LogP contribution in [0.25, 0.3) is 0 Å². The summed E-state index contributed by atoms with van der Waals surface area (Å²) in [5, 5.41) is 21.4. The van der Waals surface area contributed by atoms with E-state index in [4.69, 9.17) is 10.2 Å². The van der Waals surface area contributed by atoms with Crippen LogP contribution < -0.4 is 5.43 Å². The third-order valence-corrected chi connectivity index (χ3v) is 1.67. The minimum atomic E-state index is -1.44. The first-order valence-corrected chi connectivity index (χ1v) is 4.46. The summed E-state index contributed by atoms with van der Waals surface area (Å²) in [6, 6.07) is 6.56. The van der Waals surface area contributed by atoms with Gasteiger partial charge in [-0.1, -0.05) is 12.1 Å². The fourth-order valence-electron chi connectivity index (χ4n) is 0.944. The first-order chi connectivity index (χ1) is 7.24. The lowest BCUT2D eigenvalue weighted by atomic mass is 10.2. The molecular weight excluding hydrogens is 194 g/mol. The zero-order chi connectivity index (χ0) is 11.1. The molecule has 3 N–H and O–H groups in total. The molecule has 1 aromatic rings. The van der Waals surface area contributed by atoms with Crippen molar-refractivity contribution in [1.29, 1.82) is 0 Å². The summed E-state index contributed by atoms with van der Waals surface area (Å²) in [7, 11) is 0. The predicted octanol–water partition coefficient (Wildman–Crippen LogP) is 0.925. The molecule has 0 aromatic heterocycles. The summed E-state index contributed by atoms with van der Waals surface area (Å²) in [6.07, 6.45) is 1.62. The molecule has 1 aromatic carbocycles. The number of hydrogen-bond acceptors (Lipinski definition) is 4. The largest absolute Gasteiger partial charge is 0.364 e. The van der Waals surface area contributed by atoms with Crippen LogP contribution in [0.15, 0.2) is 34.4 Å². The van der Waals surface area contributed by atoms with Gasteiger partial charge in [-0.15, -0.1) is 0 Å². The minimum absolute atomic E-state index is 0.438. The Kier molecular flexibility index (Phi) is 4.46. The molecule has 0 radical (unpaired) electrons. The molecule has 0 aliphatic rings. The molecule has 5 nitrogen and oxygen atoms in total. The summed E-state index contributed by atoms with van der Waals surface area (Å²) < 4.78 is 0. The van der Waals surface area contributed by atoms with Gasteiger partial charge in [0.1, 0.15) is 6.34 Å². The van der Waals surface area contributed by atoms with Gasteiger partial charge in [0.15, 0.2) is 6.29 Å². The molecule has 0 unspecified atom stereocenters. The van der Waals surface area contributed by atoms with Crippen LogP contribution in [0.5, 0.6) is 0 Å². The summed E-state index contributed by atoms with van der Waals surface area (Å²) in [5.74, 6) is 0. The van der Waals surface area contributed by atoms with E-state index in [0.717, 1.165) is 0 Å². The topological polar surface area (TPSA) is 77.2 Å². The number of nitrogens with zero attached hydrogens (tertiary/aromatic N) is 2. The Morgan fingerprint density at radius 1 is 1.27 bits per heavy atom. The van der Waals surface area contributed by atoms with Crippen molar-refractivity contribution in [2.45, 2.75) is 13.2 Å². The Hall–Kier alpha value is -1.72. The SMILES string of the molecule is C/C=N\NC=Nc1ccc(C(O)O)cc1. The van der Waals surface area contributed by atoms with E-state index in [9.17, 15) is 0 Å². The predicted molar refractivity (Wildman–Crippen MR) is 59.1 cm³/mol. The molecule has 80 valence electrons. The highest BCUT2D eigenvalue weighted by Crippen LogP contribution is 2.15. The van der Waals surface area contributed by atoms with Gasteiger partial charge in [0.05, 0.1) is 5.69 Å². The summed E-state index contributed by atoms with van der Waals surface area (Å²) in [5.41, 5.74) is 3.75. The van der Waals surface area contributed by atoms with Crippen molar-refractivity contribution in [3.63, 3.8) is 0 Å². The average Bonchev–Trinajstić information content (AvgIpc) is 2.25. The summed E-state index contributed by atoms with van der Waals surface area (Å²) in [6.45, 7) is 1.79. The van der Waals surface area contributed by atoms with Crippen LogP contribution in [0.2, 0.25) is 0 Å². The van der Waals surface area contributed by atoms with Crippen LogP contribution in [-0.4, -0.2) is 22.8 Å².